The number of benzene rings is 4. The quantitative estimate of drug-likeness (QED) is 0.349. The summed E-state index contributed by atoms with van der Waals surface area (Å²) in [6.45, 7) is 0. The van der Waals surface area contributed by atoms with Crippen LogP contribution in [0.2, 0.25) is 0 Å². The van der Waals surface area contributed by atoms with Crippen LogP contribution in [0.4, 0.5) is 0 Å². The van der Waals surface area contributed by atoms with Crippen molar-refractivity contribution in [1.82, 2.24) is 15.4 Å². The first-order chi connectivity index (χ1) is 15.4. The minimum Gasteiger partial charge on any atom is -0.266 e. The summed E-state index contributed by atoms with van der Waals surface area (Å²) in [5.74, 6) is 0. The standard InChI is InChI=1S/C26H20.C2H3N3/c1-5-13-21(14-6-1)25(22-15-7-2-8-16-22)26(23-17-9-3-10-18-23)24-19-11-4-12-20-24;1-2-4-5-3-1/h1-20H;1-2H,(H,3,4,5). The highest BCUT2D eigenvalue weighted by molar-refractivity contribution is 6.04. The van der Waals surface area contributed by atoms with E-state index in [1.165, 1.54) is 33.4 Å². The normalized spacial score (nSPS) is 9.94. The molecule has 0 atom stereocenters. The highest BCUT2D eigenvalue weighted by Gasteiger charge is 2.15. The number of nitrogens with zero attached hydrogens (tertiary/aromatic N) is 2. The maximum atomic E-state index is 3.42. The Balaban J connectivity index is 0.000000407. The summed E-state index contributed by atoms with van der Waals surface area (Å²) >= 11 is 0. The monoisotopic (exact) mass is 401 g/mol. The summed E-state index contributed by atoms with van der Waals surface area (Å²) in [5, 5.41) is 9.26. The van der Waals surface area contributed by atoms with Gasteiger partial charge in [-0.15, -0.1) is 5.10 Å². The van der Waals surface area contributed by atoms with Crippen molar-refractivity contribution in [3.8, 4) is 0 Å². The Labute approximate surface area is 182 Å². The minimum atomic E-state index is 1.22. The Bertz CT molecular complexity index is 997. The lowest BCUT2D eigenvalue weighted by molar-refractivity contribution is 0.940. The van der Waals surface area contributed by atoms with Gasteiger partial charge in [0.2, 0.25) is 0 Å². The Morgan fingerprint density at radius 1 is 0.452 bits per heavy atom. The largest absolute Gasteiger partial charge is 0.266 e. The lowest BCUT2D eigenvalue weighted by Crippen LogP contribution is -1.97. The van der Waals surface area contributed by atoms with Crippen molar-refractivity contribution in [2.75, 3.05) is 0 Å². The maximum Gasteiger partial charge on any atom is 0.0690 e. The van der Waals surface area contributed by atoms with Gasteiger partial charge < -0.3 is 0 Å². The fourth-order valence-corrected chi connectivity index (χ4v) is 3.50. The number of hydrogen-bond donors (Lipinski definition) is 1. The van der Waals surface area contributed by atoms with E-state index in [-0.39, 0.29) is 0 Å². The SMILES string of the molecule is c1c[nH]nn1.c1ccc(C(=C(c2ccccc2)c2ccccc2)c2ccccc2)cc1. The third kappa shape index (κ3) is 5.22. The van der Waals surface area contributed by atoms with Gasteiger partial charge in [-0.1, -0.05) is 127 Å². The smallest absolute Gasteiger partial charge is 0.0690 e. The second kappa shape index (κ2) is 10.5. The van der Waals surface area contributed by atoms with Crippen LogP contribution in [-0.4, -0.2) is 15.4 Å². The van der Waals surface area contributed by atoms with E-state index in [0.29, 0.717) is 0 Å². The fourth-order valence-electron chi connectivity index (χ4n) is 3.50. The molecule has 0 saturated carbocycles. The second-order valence-corrected chi connectivity index (χ2v) is 6.87. The molecule has 0 aliphatic rings. The van der Waals surface area contributed by atoms with Crippen LogP contribution < -0.4 is 0 Å². The molecule has 4 aromatic carbocycles. The predicted molar refractivity (Wildman–Crippen MR) is 127 cm³/mol. The van der Waals surface area contributed by atoms with Gasteiger partial charge in [0.1, 0.15) is 0 Å². The Morgan fingerprint density at radius 3 is 0.968 bits per heavy atom. The average molecular weight is 402 g/mol. The van der Waals surface area contributed by atoms with Crippen molar-refractivity contribution >= 4 is 11.1 Å². The van der Waals surface area contributed by atoms with Gasteiger partial charge in [0.15, 0.2) is 0 Å². The molecule has 0 radical (unpaired) electrons. The van der Waals surface area contributed by atoms with Crippen LogP contribution in [0.1, 0.15) is 22.3 Å². The molecule has 31 heavy (non-hydrogen) atoms. The van der Waals surface area contributed by atoms with E-state index in [1.54, 1.807) is 12.4 Å². The summed E-state index contributed by atoms with van der Waals surface area (Å²) in [6.07, 6.45) is 3.24. The van der Waals surface area contributed by atoms with E-state index < -0.39 is 0 Å². The fraction of sp³-hybridized carbons (Fsp3) is 0. The average Bonchev–Trinajstić information content (AvgIpc) is 3.45. The molecule has 1 heterocycles. The Morgan fingerprint density at radius 2 is 0.774 bits per heavy atom. The number of aromatic amines is 1. The van der Waals surface area contributed by atoms with Crippen LogP contribution in [0.25, 0.3) is 11.1 Å². The zero-order valence-corrected chi connectivity index (χ0v) is 17.1. The van der Waals surface area contributed by atoms with Crippen LogP contribution in [0.3, 0.4) is 0 Å². The second-order valence-electron chi connectivity index (χ2n) is 6.87. The van der Waals surface area contributed by atoms with Crippen LogP contribution >= 0.6 is 0 Å². The molecule has 5 aromatic rings. The summed E-state index contributed by atoms with van der Waals surface area (Å²) in [7, 11) is 0. The van der Waals surface area contributed by atoms with Crippen molar-refractivity contribution in [3.05, 3.63) is 156 Å². The van der Waals surface area contributed by atoms with E-state index in [2.05, 4.69) is 137 Å². The topological polar surface area (TPSA) is 41.6 Å². The maximum absolute atomic E-state index is 3.42. The van der Waals surface area contributed by atoms with E-state index in [0.717, 1.165) is 0 Å². The van der Waals surface area contributed by atoms with Crippen molar-refractivity contribution in [2.24, 2.45) is 0 Å². The zero-order valence-electron chi connectivity index (χ0n) is 17.1. The summed E-state index contributed by atoms with van der Waals surface area (Å²) in [4.78, 5) is 0. The molecular weight excluding hydrogens is 378 g/mol. The van der Waals surface area contributed by atoms with Crippen LogP contribution in [0.5, 0.6) is 0 Å². The molecule has 0 spiro atoms. The third-order valence-corrected chi connectivity index (χ3v) is 4.83. The molecule has 3 heteroatoms. The van der Waals surface area contributed by atoms with E-state index in [4.69, 9.17) is 0 Å². The molecule has 0 unspecified atom stereocenters. The zero-order chi connectivity index (χ0) is 21.1. The van der Waals surface area contributed by atoms with E-state index in [1.807, 2.05) is 0 Å². The summed E-state index contributed by atoms with van der Waals surface area (Å²) in [5.41, 5.74) is 7.40. The van der Waals surface area contributed by atoms with Gasteiger partial charge in [-0.25, -0.2) is 0 Å². The molecule has 0 aliphatic carbocycles. The van der Waals surface area contributed by atoms with Crippen LogP contribution in [0.15, 0.2) is 134 Å². The molecule has 150 valence electrons. The van der Waals surface area contributed by atoms with Gasteiger partial charge in [0, 0.05) is 6.20 Å². The van der Waals surface area contributed by atoms with Gasteiger partial charge in [-0.3, -0.25) is 5.10 Å². The summed E-state index contributed by atoms with van der Waals surface area (Å²) < 4.78 is 0. The van der Waals surface area contributed by atoms with Crippen molar-refractivity contribution in [2.45, 2.75) is 0 Å². The Kier molecular flexibility index (Phi) is 6.80. The first-order valence-corrected chi connectivity index (χ1v) is 10.2. The highest BCUT2D eigenvalue weighted by atomic mass is 15.3. The van der Waals surface area contributed by atoms with E-state index in [9.17, 15) is 0 Å². The predicted octanol–water partition coefficient (Wildman–Crippen LogP) is 6.50. The molecule has 0 fully saturated rings. The van der Waals surface area contributed by atoms with Crippen LogP contribution in [-0.2, 0) is 0 Å². The molecular formula is C28H23N3. The number of H-pyrrole nitrogens is 1. The third-order valence-electron chi connectivity index (χ3n) is 4.83. The van der Waals surface area contributed by atoms with Gasteiger partial charge >= 0.3 is 0 Å². The minimum absolute atomic E-state index is 1.22. The van der Waals surface area contributed by atoms with Gasteiger partial charge in [0.05, 0.1) is 6.20 Å². The first kappa shape index (κ1) is 20.0. The molecule has 3 nitrogen and oxygen atoms in total. The summed E-state index contributed by atoms with van der Waals surface area (Å²) in [6, 6.07) is 42.6. The number of hydrogen-bond acceptors (Lipinski definition) is 2. The number of nitrogens with one attached hydrogen (secondary N) is 1. The number of aromatic nitrogens is 3. The van der Waals surface area contributed by atoms with Crippen molar-refractivity contribution in [1.29, 1.82) is 0 Å². The molecule has 0 aliphatic heterocycles. The molecule has 0 amide bonds. The lowest BCUT2D eigenvalue weighted by Gasteiger charge is -2.18. The molecule has 5 rings (SSSR count). The first-order valence-electron chi connectivity index (χ1n) is 10.2. The van der Waals surface area contributed by atoms with Crippen molar-refractivity contribution in [3.63, 3.8) is 0 Å². The van der Waals surface area contributed by atoms with E-state index >= 15 is 0 Å². The lowest BCUT2D eigenvalue weighted by atomic mass is 9.86. The number of rotatable bonds is 4. The van der Waals surface area contributed by atoms with Crippen LogP contribution in [0, 0.1) is 0 Å². The molecule has 0 bridgehead atoms. The van der Waals surface area contributed by atoms with Gasteiger partial charge in [-0.05, 0) is 33.4 Å². The molecule has 1 N–H and O–H groups in total. The molecule has 0 saturated heterocycles. The molecule has 1 aromatic heterocycles. The van der Waals surface area contributed by atoms with Gasteiger partial charge in [0.25, 0.3) is 0 Å². The van der Waals surface area contributed by atoms with Crippen molar-refractivity contribution < 1.29 is 0 Å². The van der Waals surface area contributed by atoms with Gasteiger partial charge in [-0.2, -0.15) is 0 Å². The Hall–Kier alpha value is -4.24. The highest BCUT2D eigenvalue weighted by Crippen LogP contribution is 2.36.